The van der Waals surface area contributed by atoms with Crippen LogP contribution in [0.5, 0.6) is 5.75 Å². The molecule has 0 spiro atoms. The Morgan fingerprint density at radius 3 is 2.46 bits per heavy atom. The third kappa shape index (κ3) is 5.33. The van der Waals surface area contributed by atoms with E-state index < -0.39 is 17.7 Å². The van der Waals surface area contributed by atoms with E-state index in [0.717, 1.165) is 22.3 Å². The van der Waals surface area contributed by atoms with Gasteiger partial charge in [0.05, 0.1) is 11.6 Å². The molecule has 37 heavy (non-hydrogen) atoms. The molecule has 1 atom stereocenters. The predicted molar refractivity (Wildman–Crippen MR) is 144 cm³/mol. The van der Waals surface area contributed by atoms with Crippen molar-refractivity contribution >= 4 is 17.4 Å². The minimum atomic E-state index is -0.744. The van der Waals surface area contributed by atoms with Gasteiger partial charge in [-0.1, -0.05) is 63.8 Å². The van der Waals surface area contributed by atoms with Gasteiger partial charge >= 0.3 is 0 Å². The van der Waals surface area contributed by atoms with Crippen LogP contribution < -0.4 is 4.74 Å². The fourth-order valence-corrected chi connectivity index (χ4v) is 4.51. The summed E-state index contributed by atoms with van der Waals surface area (Å²) in [6.45, 7) is 12.4. The summed E-state index contributed by atoms with van der Waals surface area (Å²) < 4.78 is 5.65. The van der Waals surface area contributed by atoms with Crippen molar-refractivity contribution in [2.24, 2.45) is 0 Å². The van der Waals surface area contributed by atoms with Gasteiger partial charge in [-0.2, -0.15) is 0 Å². The number of carbonyl (C=O) groups excluding carboxylic acids is 2. The summed E-state index contributed by atoms with van der Waals surface area (Å²) in [5, 5.41) is 11.4. The summed E-state index contributed by atoms with van der Waals surface area (Å²) in [5.74, 6) is -0.924. The summed E-state index contributed by atoms with van der Waals surface area (Å²) in [7, 11) is 0. The molecule has 1 amide bonds. The van der Waals surface area contributed by atoms with Crippen LogP contribution in [0.2, 0.25) is 0 Å². The molecule has 1 fully saturated rings. The highest BCUT2D eigenvalue weighted by atomic mass is 16.5. The first-order valence-corrected chi connectivity index (χ1v) is 12.2. The summed E-state index contributed by atoms with van der Waals surface area (Å²) in [5.41, 5.74) is 3.92. The van der Waals surface area contributed by atoms with E-state index >= 15 is 0 Å². The molecule has 0 aliphatic carbocycles. The zero-order chi connectivity index (χ0) is 26.7. The number of likely N-dealkylation sites (tertiary alicyclic amines) is 1. The second-order valence-corrected chi connectivity index (χ2v) is 10.2. The average molecular weight is 497 g/mol. The third-order valence-electron chi connectivity index (χ3n) is 6.51. The molecule has 2 aromatic carbocycles. The zero-order valence-electron chi connectivity index (χ0n) is 21.7. The number of amides is 1. The maximum absolute atomic E-state index is 13.4. The van der Waals surface area contributed by atoms with Crippen LogP contribution in [0.15, 0.2) is 85.2 Å². The normalized spacial score (nSPS) is 17.2. The number of nitrogens with zero attached hydrogens (tertiary/aromatic N) is 2. The lowest BCUT2D eigenvalue weighted by molar-refractivity contribution is -0.140. The quantitative estimate of drug-likeness (QED) is 0.191. The third-order valence-corrected chi connectivity index (χ3v) is 6.51. The van der Waals surface area contributed by atoms with Gasteiger partial charge in [0.15, 0.2) is 0 Å². The standard InChI is InChI=1S/C31H32N2O4/c1-6-16-37-25-14-11-23(17-20(25)2)28(34)26-27(22-9-12-24(13-10-22)31(3,4)5)33(30(36)29(26)35)19-21-8-7-15-32-18-21/h6-15,17-18,27,34H,1,16,19H2,2-5H3/b28-26-. The number of benzene rings is 2. The molecule has 1 aromatic heterocycles. The maximum Gasteiger partial charge on any atom is 0.295 e. The number of aliphatic hydroxyl groups excluding tert-OH is 1. The van der Waals surface area contributed by atoms with E-state index in [4.69, 9.17) is 4.74 Å². The summed E-state index contributed by atoms with van der Waals surface area (Å²) in [4.78, 5) is 32.3. The van der Waals surface area contributed by atoms with Crippen LogP contribution in [0.1, 0.15) is 54.6 Å². The molecule has 0 saturated carbocycles. The fourth-order valence-electron chi connectivity index (χ4n) is 4.51. The van der Waals surface area contributed by atoms with Crippen molar-refractivity contribution < 1.29 is 19.4 Å². The van der Waals surface area contributed by atoms with Crippen molar-refractivity contribution in [3.05, 3.63) is 113 Å². The van der Waals surface area contributed by atoms with Crippen LogP contribution in [0.4, 0.5) is 0 Å². The maximum atomic E-state index is 13.4. The summed E-state index contributed by atoms with van der Waals surface area (Å²) in [6, 6.07) is 16.0. The Morgan fingerprint density at radius 2 is 1.86 bits per heavy atom. The molecule has 1 N–H and O–H groups in total. The average Bonchev–Trinajstić information content (AvgIpc) is 3.12. The number of rotatable bonds is 7. The molecule has 3 aromatic rings. The number of pyridine rings is 1. The van der Waals surface area contributed by atoms with Gasteiger partial charge < -0.3 is 14.7 Å². The highest BCUT2D eigenvalue weighted by Crippen LogP contribution is 2.41. The fraction of sp³-hybridized carbons (Fsp3) is 0.258. The number of ether oxygens (including phenoxy) is 1. The molecule has 6 nitrogen and oxygen atoms in total. The van der Waals surface area contributed by atoms with Gasteiger partial charge in [0.2, 0.25) is 0 Å². The number of aromatic nitrogens is 1. The smallest absolute Gasteiger partial charge is 0.295 e. The first kappa shape index (κ1) is 25.9. The molecule has 1 aliphatic rings. The molecule has 6 heteroatoms. The SMILES string of the molecule is C=CCOc1ccc(/C(O)=C2/C(=O)C(=O)N(Cc3cccnc3)C2c2ccc(C(C)(C)C)cc2)cc1C. The Kier molecular flexibility index (Phi) is 7.30. The van der Waals surface area contributed by atoms with Crippen molar-refractivity contribution in [2.75, 3.05) is 6.61 Å². The summed E-state index contributed by atoms with van der Waals surface area (Å²) >= 11 is 0. The first-order chi connectivity index (χ1) is 17.6. The molecule has 0 bridgehead atoms. The van der Waals surface area contributed by atoms with Gasteiger partial charge in [0.25, 0.3) is 11.7 Å². The van der Waals surface area contributed by atoms with E-state index in [2.05, 4.69) is 32.3 Å². The minimum Gasteiger partial charge on any atom is -0.507 e. The molecule has 2 heterocycles. The van der Waals surface area contributed by atoms with E-state index in [1.54, 1.807) is 42.7 Å². The van der Waals surface area contributed by atoms with E-state index in [1.807, 2.05) is 37.3 Å². The second-order valence-electron chi connectivity index (χ2n) is 10.2. The lowest BCUT2D eigenvalue weighted by atomic mass is 9.85. The largest absolute Gasteiger partial charge is 0.507 e. The Bertz CT molecular complexity index is 1350. The van der Waals surface area contributed by atoms with Crippen LogP contribution >= 0.6 is 0 Å². The number of aryl methyl sites for hydroxylation is 1. The van der Waals surface area contributed by atoms with E-state index in [9.17, 15) is 14.7 Å². The van der Waals surface area contributed by atoms with Crippen molar-refractivity contribution in [3.63, 3.8) is 0 Å². The van der Waals surface area contributed by atoms with E-state index in [1.165, 1.54) is 4.90 Å². The van der Waals surface area contributed by atoms with Gasteiger partial charge in [-0.15, -0.1) is 0 Å². The molecule has 190 valence electrons. The predicted octanol–water partition coefficient (Wildman–Crippen LogP) is 5.87. The van der Waals surface area contributed by atoms with E-state index in [0.29, 0.717) is 17.9 Å². The second kappa shape index (κ2) is 10.4. The monoisotopic (exact) mass is 496 g/mol. The van der Waals surface area contributed by atoms with Crippen LogP contribution in [0.25, 0.3) is 5.76 Å². The van der Waals surface area contributed by atoms with Crippen LogP contribution in [0, 0.1) is 6.92 Å². The minimum absolute atomic E-state index is 0.0526. The molecule has 1 unspecified atom stereocenters. The Balaban J connectivity index is 1.83. The topological polar surface area (TPSA) is 79.7 Å². The van der Waals surface area contributed by atoms with Gasteiger partial charge in [0.1, 0.15) is 18.1 Å². The number of hydrogen-bond donors (Lipinski definition) is 1. The van der Waals surface area contributed by atoms with Gasteiger partial charge in [-0.25, -0.2) is 0 Å². The Hall–Kier alpha value is -4.19. The molecule has 1 saturated heterocycles. The highest BCUT2D eigenvalue weighted by molar-refractivity contribution is 6.46. The Morgan fingerprint density at radius 1 is 1.14 bits per heavy atom. The summed E-state index contributed by atoms with van der Waals surface area (Å²) in [6.07, 6.45) is 4.98. The number of carbonyl (C=O) groups is 2. The lowest BCUT2D eigenvalue weighted by Crippen LogP contribution is -2.29. The van der Waals surface area contributed by atoms with Crippen molar-refractivity contribution in [3.8, 4) is 5.75 Å². The number of aliphatic hydroxyl groups is 1. The molecule has 0 radical (unpaired) electrons. The van der Waals surface area contributed by atoms with Gasteiger partial charge in [0, 0.05) is 24.5 Å². The first-order valence-electron chi connectivity index (χ1n) is 12.2. The molecular formula is C31H32N2O4. The number of Topliss-reactive ketones (excluding diaryl/α,β-unsaturated/α-hetero) is 1. The molecule has 1 aliphatic heterocycles. The van der Waals surface area contributed by atoms with Crippen LogP contribution in [0.3, 0.4) is 0 Å². The van der Waals surface area contributed by atoms with Crippen LogP contribution in [-0.4, -0.2) is 33.3 Å². The highest BCUT2D eigenvalue weighted by Gasteiger charge is 2.46. The number of hydrogen-bond acceptors (Lipinski definition) is 5. The van der Waals surface area contributed by atoms with E-state index in [-0.39, 0.29) is 23.3 Å². The van der Waals surface area contributed by atoms with Crippen molar-refractivity contribution in [1.82, 2.24) is 9.88 Å². The molecular weight excluding hydrogens is 464 g/mol. The Labute approximate surface area is 217 Å². The van der Waals surface area contributed by atoms with Gasteiger partial charge in [-0.3, -0.25) is 14.6 Å². The van der Waals surface area contributed by atoms with Crippen molar-refractivity contribution in [2.45, 2.75) is 45.7 Å². The lowest BCUT2D eigenvalue weighted by Gasteiger charge is -2.26. The van der Waals surface area contributed by atoms with Crippen molar-refractivity contribution in [1.29, 1.82) is 0 Å². The molecule has 4 rings (SSSR count). The zero-order valence-corrected chi connectivity index (χ0v) is 21.7. The van der Waals surface area contributed by atoms with Crippen LogP contribution in [-0.2, 0) is 21.5 Å². The number of ketones is 1. The van der Waals surface area contributed by atoms with Gasteiger partial charge in [-0.05, 0) is 58.9 Å².